The minimum Gasteiger partial charge on any atom is -0.497 e. The molecule has 3 rings (SSSR count). The molecular weight excluding hydrogens is 348 g/mol. The van der Waals surface area contributed by atoms with Gasteiger partial charge in [0.15, 0.2) is 6.61 Å². The molecule has 0 atom stereocenters. The Morgan fingerprint density at radius 3 is 2.56 bits per heavy atom. The lowest BCUT2D eigenvalue weighted by Crippen LogP contribution is -2.14. The summed E-state index contributed by atoms with van der Waals surface area (Å²) in [6, 6.07) is 13.9. The molecule has 0 aliphatic carbocycles. The van der Waals surface area contributed by atoms with E-state index in [1.165, 1.54) is 12.1 Å². The molecule has 0 aliphatic heterocycles. The maximum Gasteiger partial charge on any atom is 0.344 e. The number of hydrogen-bond acceptors (Lipinski definition) is 6. The highest BCUT2D eigenvalue weighted by Gasteiger charge is 2.10. The molecule has 0 saturated heterocycles. The van der Waals surface area contributed by atoms with Crippen LogP contribution < -0.4 is 15.1 Å². The largest absolute Gasteiger partial charge is 0.497 e. The van der Waals surface area contributed by atoms with Gasteiger partial charge in [-0.25, -0.2) is 9.59 Å². The van der Waals surface area contributed by atoms with Gasteiger partial charge in [0.25, 0.3) is 0 Å². The first-order chi connectivity index (χ1) is 13.1. The maximum atomic E-state index is 12.0. The van der Waals surface area contributed by atoms with Crippen molar-refractivity contribution in [3.8, 4) is 22.6 Å². The molecule has 0 amide bonds. The lowest BCUT2D eigenvalue weighted by atomic mass is 10.0. The Bertz CT molecular complexity index is 1020. The third kappa shape index (κ3) is 4.36. The third-order valence-corrected chi connectivity index (χ3v) is 3.84. The van der Waals surface area contributed by atoms with Crippen molar-refractivity contribution in [2.75, 3.05) is 20.3 Å². The van der Waals surface area contributed by atoms with Gasteiger partial charge in [0.05, 0.1) is 7.11 Å². The molecule has 0 saturated carbocycles. The van der Waals surface area contributed by atoms with Crippen molar-refractivity contribution in [1.29, 1.82) is 0 Å². The number of hydrogen-bond donors (Lipinski definition) is 0. The van der Waals surface area contributed by atoms with Crippen molar-refractivity contribution in [2.45, 2.75) is 0 Å². The maximum absolute atomic E-state index is 12.0. The molecule has 27 heavy (non-hydrogen) atoms. The Balaban J connectivity index is 1.90. The molecule has 0 unspecified atom stereocenters. The Labute approximate surface area is 155 Å². The molecule has 3 aromatic rings. The van der Waals surface area contributed by atoms with Crippen molar-refractivity contribution in [1.82, 2.24) is 0 Å². The fraction of sp³-hybridized carbons (Fsp3) is 0.143. The lowest BCUT2D eigenvalue weighted by molar-refractivity contribution is -0.144. The van der Waals surface area contributed by atoms with Crippen molar-refractivity contribution < 1.29 is 23.4 Å². The van der Waals surface area contributed by atoms with Crippen LogP contribution in [0.25, 0.3) is 22.1 Å². The van der Waals surface area contributed by atoms with Crippen molar-refractivity contribution >= 4 is 16.9 Å². The predicted octanol–water partition coefficient (Wildman–Crippen LogP) is 3.58. The van der Waals surface area contributed by atoms with Crippen molar-refractivity contribution in [3.05, 3.63) is 71.6 Å². The zero-order chi connectivity index (χ0) is 19.2. The van der Waals surface area contributed by atoms with Gasteiger partial charge in [-0.05, 0) is 35.4 Å². The molecule has 6 nitrogen and oxygen atoms in total. The summed E-state index contributed by atoms with van der Waals surface area (Å²) >= 11 is 0. The molecule has 0 aliphatic rings. The lowest BCUT2D eigenvalue weighted by Gasteiger charge is -2.09. The van der Waals surface area contributed by atoms with E-state index in [-0.39, 0.29) is 13.2 Å². The van der Waals surface area contributed by atoms with E-state index in [2.05, 4.69) is 6.58 Å². The third-order valence-electron chi connectivity index (χ3n) is 3.84. The first kappa shape index (κ1) is 18.3. The van der Waals surface area contributed by atoms with Crippen LogP contribution in [0.2, 0.25) is 0 Å². The van der Waals surface area contributed by atoms with Gasteiger partial charge in [0.1, 0.15) is 23.7 Å². The van der Waals surface area contributed by atoms with E-state index in [1.807, 2.05) is 24.3 Å². The van der Waals surface area contributed by atoms with Crippen LogP contribution in [-0.4, -0.2) is 26.3 Å². The summed E-state index contributed by atoms with van der Waals surface area (Å²) in [6.07, 6.45) is 1.48. The number of fused-ring (bicyclic) bond motifs is 1. The molecule has 0 N–H and O–H groups in total. The van der Waals surface area contributed by atoms with E-state index < -0.39 is 11.6 Å². The number of carbonyl (C=O) groups is 1. The van der Waals surface area contributed by atoms with Crippen LogP contribution in [0, 0.1) is 0 Å². The van der Waals surface area contributed by atoms with Crippen LogP contribution in [0.4, 0.5) is 0 Å². The van der Waals surface area contributed by atoms with Crippen LogP contribution in [0.15, 0.2) is 70.4 Å². The summed E-state index contributed by atoms with van der Waals surface area (Å²) in [5.74, 6) is 0.613. The average molecular weight is 366 g/mol. The number of rotatable bonds is 7. The Kier molecular flexibility index (Phi) is 5.56. The quantitative estimate of drug-likeness (QED) is 0.361. The minimum atomic E-state index is -0.511. The second-order valence-electron chi connectivity index (χ2n) is 5.63. The molecule has 1 aromatic heterocycles. The van der Waals surface area contributed by atoms with Gasteiger partial charge in [-0.15, -0.1) is 0 Å². The molecule has 0 spiro atoms. The van der Waals surface area contributed by atoms with Gasteiger partial charge in [-0.1, -0.05) is 24.8 Å². The summed E-state index contributed by atoms with van der Waals surface area (Å²) in [6.45, 7) is 3.35. The summed E-state index contributed by atoms with van der Waals surface area (Å²) < 4.78 is 20.7. The van der Waals surface area contributed by atoms with Crippen LogP contribution in [0.3, 0.4) is 0 Å². The molecule has 6 heteroatoms. The number of esters is 1. The highest BCUT2D eigenvalue weighted by Crippen LogP contribution is 2.30. The van der Waals surface area contributed by atoms with Gasteiger partial charge in [-0.3, -0.25) is 0 Å². The highest BCUT2D eigenvalue weighted by molar-refractivity contribution is 5.93. The predicted molar refractivity (Wildman–Crippen MR) is 101 cm³/mol. The van der Waals surface area contributed by atoms with E-state index in [4.69, 9.17) is 18.6 Å². The molecule has 0 fully saturated rings. The fourth-order valence-electron chi connectivity index (χ4n) is 2.58. The summed E-state index contributed by atoms with van der Waals surface area (Å²) in [5.41, 5.74) is 1.48. The second kappa shape index (κ2) is 8.23. The van der Waals surface area contributed by atoms with E-state index in [0.717, 1.165) is 22.3 Å². The molecule has 0 radical (unpaired) electrons. The first-order valence-corrected chi connectivity index (χ1v) is 8.22. The van der Waals surface area contributed by atoms with Gasteiger partial charge in [-0.2, -0.15) is 0 Å². The van der Waals surface area contributed by atoms with E-state index >= 15 is 0 Å². The summed E-state index contributed by atoms with van der Waals surface area (Å²) in [7, 11) is 1.59. The van der Waals surface area contributed by atoms with Crippen molar-refractivity contribution in [2.24, 2.45) is 0 Å². The second-order valence-corrected chi connectivity index (χ2v) is 5.63. The SMILES string of the molecule is C=CCOC(=O)COc1ccc2c(-c3ccc(OC)cc3)cc(=O)oc2c1. The van der Waals surface area contributed by atoms with Crippen molar-refractivity contribution in [3.63, 3.8) is 0 Å². The Morgan fingerprint density at radius 1 is 1.11 bits per heavy atom. The smallest absolute Gasteiger partial charge is 0.344 e. The Morgan fingerprint density at radius 2 is 1.85 bits per heavy atom. The minimum absolute atomic E-state index is 0.125. The normalized spacial score (nSPS) is 10.4. The van der Waals surface area contributed by atoms with Gasteiger partial charge < -0.3 is 18.6 Å². The fourth-order valence-corrected chi connectivity index (χ4v) is 2.58. The molecule has 138 valence electrons. The van der Waals surface area contributed by atoms with E-state index in [1.54, 1.807) is 25.3 Å². The van der Waals surface area contributed by atoms with Crippen LogP contribution in [-0.2, 0) is 9.53 Å². The first-order valence-electron chi connectivity index (χ1n) is 8.22. The van der Waals surface area contributed by atoms with Gasteiger partial charge >= 0.3 is 11.6 Å². The molecule has 2 aromatic carbocycles. The zero-order valence-corrected chi connectivity index (χ0v) is 14.8. The van der Waals surface area contributed by atoms with Crippen LogP contribution in [0.1, 0.15) is 0 Å². The summed E-state index contributed by atoms with van der Waals surface area (Å²) in [5, 5.41) is 0.751. The Hall–Kier alpha value is -3.54. The number of benzene rings is 2. The van der Waals surface area contributed by atoms with E-state index in [0.29, 0.717) is 11.3 Å². The average Bonchev–Trinajstić information content (AvgIpc) is 2.69. The molecule has 1 heterocycles. The number of ether oxygens (including phenoxy) is 3. The van der Waals surface area contributed by atoms with Gasteiger partial charge in [0.2, 0.25) is 0 Å². The van der Waals surface area contributed by atoms with E-state index in [9.17, 15) is 9.59 Å². The zero-order valence-electron chi connectivity index (χ0n) is 14.8. The molecular formula is C21H18O6. The van der Waals surface area contributed by atoms with Gasteiger partial charge in [0, 0.05) is 17.5 Å². The van der Waals surface area contributed by atoms with Crippen LogP contribution >= 0.6 is 0 Å². The number of methoxy groups -OCH3 is 1. The topological polar surface area (TPSA) is 75.0 Å². The standard InChI is InChI=1S/C21H18O6/c1-3-10-25-21(23)13-26-16-8-9-17-18(12-20(22)27-19(17)11-16)14-4-6-15(24-2)7-5-14/h3-9,11-12H,1,10,13H2,2H3. The number of carbonyl (C=O) groups excluding carboxylic acids is 1. The van der Waals surface area contributed by atoms with Crippen LogP contribution in [0.5, 0.6) is 11.5 Å². The summed E-state index contributed by atoms with van der Waals surface area (Å²) in [4.78, 5) is 23.5. The monoisotopic (exact) mass is 366 g/mol. The molecule has 0 bridgehead atoms. The highest BCUT2D eigenvalue weighted by atomic mass is 16.6.